The minimum atomic E-state index is -0.283. The lowest BCUT2D eigenvalue weighted by Crippen LogP contribution is -2.25. The van der Waals surface area contributed by atoms with Gasteiger partial charge in [-0.2, -0.15) is 5.10 Å². The Labute approximate surface area is 117 Å². The third-order valence-corrected chi connectivity index (χ3v) is 4.69. The molecule has 0 radical (unpaired) electrons. The molecule has 0 bridgehead atoms. The summed E-state index contributed by atoms with van der Waals surface area (Å²) in [5.41, 5.74) is 1.03. The minimum Gasteiger partial charge on any atom is -0.392 e. The molecule has 3 heteroatoms. The summed E-state index contributed by atoms with van der Waals surface area (Å²) in [6, 6.07) is 2.66. The van der Waals surface area contributed by atoms with E-state index in [9.17, 15) is 5.11 Å². The Balaban J connectivity index is 1.93. The first kappa shape index (κ1) is 14.6. The van der Waals surface area contributed by atoms with Crippen LogP contribution in [-0.4, -0.2) is 21.0 Å². The van der Waals surface area contributed by atoms with E-state index < -0.39 is 0 Å². The molecule has 1 fully saturated rings. The van der Waals surface area contributed by atoms with Crippen molar-refractivity contribution in [2.45, 2.75) is 71.4 Å². The molecule has 19 heavy (non-hydrogen) atoms. The molecule has 1 aromatic rings. The van der Waals surface area contributed by atoms with Gasteiger partial charge in [0.15, 0.2) is 0 Å². The van der Waals surface area contributed by atoms with Crippen molar-refractivity contribution in [1.29, 1.82) is 0 Å². The summed E-state index contributed by atoms with van der Waals surface area (Å²) in [6.07, 6.45) is 9.03. The lowest BCUT2D eigenvalue weighted by molar-refractivity contribution is 0.0910. The van der Waals surface area contributed by atoms with Gasteiger partial charge in [0.25, 0.3) is 0 Å². The van der Waals surface area contributed by atoms with Gasteiger partial charge in [-0.05, 0) is 30.7 Å². The molecular weight excluding hydrogens is 236 g/mol. The lowest BCUT2D eigenvalue weighted by Gasteiger charge is -2.22. The molecule has 3 nitrogen and oxygen atoms in total. The van der Waals surface area contributed by atoms with Crippen LogP contribution in [0.3, 0.4) is 0 Å². The van der Waals surface area contributed by atoms with Crippen LogP contribution in [0.15, 0.2) is 12.3 Å². The van der Waals surface area contributed by atoms with Crippen LogP contribution in [0.4, 0.5) is 0 Å². The zero-order valence-electron chi connectivity index (χ0n) is 12.5. The van der Waals surface area contributed by atoms with E-state index in [2.05, 4.69) is 42.8 Å². The highest BCUT2D eigenvalue weighted by Gasteiger charge is 2.20. The second-order valence-electron chi connectivity index (χ2n) is 6.45. The molecule has 1 aliphatic rings. The predicted molar refractivity (Wildman–Crippen MR) is 78.1 cm³/mol. The smallest absolute Gasteiger partial charge is 0.0650 e. The van der Waals surface area contributed by atoms with Crippen LogP contribution in [0, 0.1) is 11.8 Å². The molecule has 2 unspecified atom stereocenters. The Morgan fingerprint density at radius 1 is 1.26 bits per heavy atom. The van der Waals surface area contributed by atoms with Gasteiger partial charge in [-0.3, -0.25) is 4.68 Å². The van der Waals surface area contributed by atoms with Crippen molar-refractivity contribution in [3.63, 3.8) is 0 Å². The summed E-state index contributed by atoms with van der Waals surface area (Å²) < 4.78 is 2.13. The van der Waals surface area contributed by atoms with E-state index in [0.29, 0.717) is 24.3 Å². The standard InChI is InChI=1S/C16H28N2O/c1-12(2)13(3)16(19)11-14-9-10-18(17-14)15-7-5-4-6-8-15/h9-10,12-13,15-16,19H,4-8,11H2,1-3H3. The molecule has 1 saturated carbocycles. The highest BCUT2D eigenvalue weighted by molar-refractivity contribution is 5.02. The maximum atomic E-state index is 10.2. The fourth-order valence-electron chi connectivity index (χ4n) is 2.88. The minimum absolute atomic E-state index is 0.283. The average molecular weight is 264 g/mol. The second-order valence-corrected chi connectivity index (χ2v) is 6.45. The summed E-state index contributed by atoms with van der Waals surface area (Å²) in [5, 5.41) is 14.9. The number of aromatic nitrogens is 2. The quantitative estimate of drug-likeness (QED) is 0.882. The largest absolute Gasteiger partial charge is 0.392 e. The molecule has 0 saturated heterocycles. The normalized spacial score (nSPS) is 20.7. The Morgan fingerprint density at radius 2 is 1.95 bits per heavy atom. The van der Waals surface area contributed by atoms with Gasteiger partial charge in [0.2, 0.25) is 0 Å². The summed E-state index contributed by atoms with van der Waals surface area (Å²) in [7, 11) is 0. The molecule has 0 spiro atoms. The molecule has 2 atom stereocenters. The molecule has 1 aliphatic carbocycles. The van der Waals surface area contributed by atoms with E-state index in [1.807, 2.05) is 0 Å². The Kier molecular flexibility index (Phi) is 5.03. The van der Waals surface area contributed by atoms with E-state index in [1.54, 1.807) is 0 Å². The SMILES string of the molecule is CC(C)C(C)C(O)Cc1ccn(C2CCCCC2)n1. The summed E-state index contributed by atoms with van der Waals surface area (Å²) in [5.74, 6) is 0.829. The van der Waals surface area contributed by atoms with Gasteiger partial charge in [0.05, 0.1) is 17.8 Å². The van der Waals surface area contributed by atoms with Crippen molar-refractivity contribution in [3.05, 3.63) is 18.0 Å². The van der Waals surface area contributed by atoms with Crippen LogP contribution in [0.2, 0.25) is 0 Å². The number of aliphatic hydroxyl groups is 1. The van der Waals surface area contributed by atoms with Crippen LogP contribution in [0.1, 0.15) is 64.6 Å². The maximum absolute atomic E-state index is 10.2. The number of hydrogen-bond donors (Lipinski definition) is 1. The lowest BCUT2D eigenvalue weighted by atomic mass is 9.90. The monoisotopic (exact) mass is 264 g/mol. The Hall–Kier alpha value is -0.830. The van der Waals surface area contributed by atoms with Gasteiger partial charge in [-0.1, -0.05) is 40.0 Å². The molecule has 0 aromatic carbocycles. The topological polar surface area (TPSA) is 38.0 Å². The van der Waals surface area contributed by atoms with Gasteiger partial charge >= 0.3 is 0 Å². The van der Waals surface area contributed by atoms with Crippen LogP contribution in [0.5, 0.6) is 0 Å². The number of nitrogens with zero attached hydrogens (tertiary/aromatic N) is 2. The fraction of sp³-hybridized carbons (Fsp3) is 0.812. The third kappa shape index (κ3) is 3.82. The average Bonchev–Trinajstić information content (AvgIpc) is 2.87. The second kappa shape index (κ2) is 6.56. The molecule has 1 heterocycles. The van der Waals surface area contributed by atoms with Crippen LogP contribution in [-0.2, 0) is 6.42 Å². The first-order valence-corrected chi connectivity index (χ1v) is 7.80. The van der Waals surface area contributed by atoms with Crippen LogP contribution >= 0.6 is 0 Å². The summed E-state index contributed by atoms with van der Waals surface area (Å²) in [6.45, 7) is 6.44. The van der Waals surface area contributed by atoms with Gasteiger partial charge in [0.1, 0.15) is 0 Å². The highest BCUT2D eigenvalue weighted by atomic mass is 16.3. The molecule has 1 aromatic heterocycles. The van der Waals surface area contributed by atoms with E-state index in [1.165, 1.54) is 32.1 Å². The van der Waals surface area contributed by atoms with Crippen LogP contribution in [0.25, 0.3) is 0 Å². The van der Waals surface area contributed by atoms with Gasteiger partial charge in [-0.25, -0.2) is 0 Å². The first-order chi connectivity index (χ1) is 9.08. The molecule has 2 rings (SSSR count). The van der Waals surface area contributed by atoms with Crippen molar-refractivity contribution in [2.75, 3.05) is 0 Å². The van der Waals surface area contributed by atoms with Gasteiger partial charge in [-0.15, -0.1) is 0 Å². The van der Waals surface area contributed by atoms with E-state index in [4.69, 9.17) is 0 Å². The summed E-state index contributed by atoms with van der Waals surface area (Å²) in [4.78, 5) is 0. The van der Waals surface area contributed by atoms with Crippen LogP contribution < -0.4 is 0 Å². The fourth-order valence-corrected chi connectivity index (χ4v) is 2.88. The zero-order valence-corrected chi connectivity index (χ0v) is 12.5. The van der Waals surface area contributed by atoms with Gasteiger partial charge < -0.3 is 5.11 Å². The van der Waals surface area contributed by atoms with Crippen molar-refractivity contribution in [1.82, 2.24) is 9.78 Å². The Morgan fingerprint density at radius 3 is 2.58 bits per heavy atom. The predicted octanol–water partition coefficient (Wildman–Crippen LogP) is 3.58. The Bertz CT molecular complexity index is 380. The van der Waals surface area contributed by atoms with E-state index >= 15 is 0 Å². The molecule has 108 valence electrons. The summed E-state index contributed by atoms with van der Waals surface area (Å²) >= 11 is 0. The number of rotatable bonds is 5. The molecular formula is C16H28N2O. The van der Waals surface area contributed by atoms with Crippen molar-refractivity contribution in [3.8, 4) is 0 Å². The van der Waals surface area contributed by atoms with E-state index in [-0.39, 0.29) is 6.10 Å². The van der Waals surface area contributed by atoms with E-state index in [0.717, 1.165) is 5.69 Å². The van der Waals surface area contributed by atoms with Crippen molar-refractivity contribution >= 4 is 0 Å². The third-order valence-electron chi connectivity index (χ3n) is 4.69. The van der Waals surface area contributed by atoms with Gasteiger partial charge in [0, 0.05) is 12.6 Å². The first-order valence-electron chi connectivity index (χ1n) is 7.80. The molecule has 0 amide bonds. The molecule has 0 aliphatic heterocycles. The van der Waals surface area contributed by atoms with Crippen molar-refractivity contribution < 1.29 is 5.11 Å². The highest BCUT2D eigenvalue weighted by Crippen LogP contribution is 2.27. The maximum Gasteiger partial charge on any atom is 0.0650 e. The zero-order chi connectivity index (χ0) is 13.8. The van der Waals surface area contributed by atoms with Crippen molar-refractivity contribution in [2.24, 2.45) is 11.8 Å². The number of aliphatic hydroxyl groups excluding tert-OH is 1. The number of hydrogen-bond acceptors (Lipinski definition) is 2. The molecule has 1 N–H and O–H groups in total.